The maximum absolute atomic E-state index is 11.5. The maximum Gasteiger partial charge on any atom is 0.275 e. The molecule has 1 aliphatic rings. The third kappa shape index (κ3) is 4.55. The summed E-state index contributed by atoms with van der Waals surface area (Å²) in [4.78, 5) is 0. The van der Waals surface area contributed by atoms with Crippen molar-refractivity contribution >= 4 is 22.6 Å². The van der Waals surface area contributed by atoms with E-state index in [1.54, 1.807) is 7.11 Å². The van der Waals surface area contributed by atoms with Crippen LogP contribution in [0.3, 0.4) is 0 Å². The minimum atomic E-state index is -3.80. The first-order valence-electron chi connectivity index (χ1n) is 6.56. The Morgan fingerprint density at radius 1 is 1.33 bits per heavy atom. The molecule has 8 heteroatoms. The van der Waals surface area contributed by atoms with Crippen LogP contribution in [0, 0.1) is 0 Å². The van der Waals surface area contributed by atoms with Crippen LogP contribution < -0.4 is 20.3 Å². The lowest BCUT2D eigenvalue weighted by Crippen LogP contribution is -2.51. The Labute approximate surface area is 131 Å². The van der Waals surface area contributed by atoms with Gasteiger partial charge in [0.15, 0.2) is 0 Å². The summed E-state index contributed by atoms with van der Waals surface area (Å²) in [6.07, 6.45) is 2.75. The zero-order chi connectivity index (χ0) is 14.8. The van der Waals surface area contributed by atoms with Crippen molar-refractivity contribution in [3.05, 3.63) is 29.8 Å². The van der Waals surface area contributed by atoms with Crippen molar-refractivity contribution in [3.63, 3.8) is 0 Å². The molecule has 0 amide bonds. The summed E-state index contributed by atoms with van der Waals surface area (Å²) >= 11 is 0. The predicted molar refractivity (Wildman–Crippen MR) is 84.6 cm³/mol. The summed E-state index contributed by atoms with van der Waals surface area (Å²) in [6, 6.07) is 7.50. The van der Waals surface area contributed by atoms with Gasteiger partial charge in [0.2, 0.25) is 0 Å². The lowest BCUT2D eigenvalue weighted by molar-refractivity contribution is 0.252. The maximum atomic E-state index is 11.5. The Morgan fingerprint density at radius 2 is 1.95 bits per heavy atom. The smallest absolute Gasteiger partial charge is 0.275 e. The Bertz CT molecular complexity index is 572. The Balaban J connectivity index is 0.00000220. The highest BCUT2D eigenvalue weighted by molar-refractivity contribution is 7.87. The van der Waals surface area contributed by atoms with Gasteiger partial charge in [-0.25, -0.2) is 5.14 Å². The molecule has 120 valence electrons. The normalized spacial score (nSPS) is 26.0. The molecular weight excluding hydrogens is 314 g/mol. The van der Waals surface area contributed by atoms with Crippen LogP contribution in [0.5, 0.6) is 5.75 Å². The first kappa shape index (κ1) is 18.2. The van der Waals surface area contributed by atoms with Gasteiger partial charge in [0.1, 0.15) is 5.75 Å². The molecule has 0 atom stereocenters. The van der Waals surface area contributed by atoms with E-state index in [0.717, 1.165) is 18.4 Å². The van der Waals surface area contributed by atoms with E-state index < -0.39 is 15.7 Å². The summed E-state index contributed by atoms with van der Waals surface area (Å²) in [6.45, 7) is 0. The molecule has 1 aliphatic carbocycles. The van der Waals surface area contributed by atoms with Crippen molar-refractivity contribution in [3.8, 4) is 5.75 Å². The molecule has 6 nitrogen and oxygen atoms in total. The van der Waals surface area contributed by atoms with E-state index in [1.165, 1.54) is 0 Å². The lowest BCUT2D eigenvalue weighted by Gasteiger charge is -2.39. The number of hydrogen-bond acceptors (Lipinski definition) is 4. The molecule has 1 fully saturated rings. The highest BCUT2D eigenvalue weighted by Gasteiger charge is 2.38. The Hall–Kier alpha value is -0.860. The molecular formula is C13H22ClN3O3S. The quantitative estimate of drug-likeness (QED) is 0.763. The van der Waals surface area contributed by atoms with Crippen LogP contribution in [0.2, 0.25) is 0 Å². The first-order valence-corrected chi connectivity index (χ1v) is 8.11. The molecule has 0 aromatic heterocycles. The summed E-state index contributed by atoms with van der Waals surface area (Å²) in [7, 11) is -2.22. The molecule has 1 aromatic carbocycles. The second-order valence-corrected chi connectivity index (χ2v) is 6.59. The van der Waals surface area contributed by atoms with Crippen LogP contribution in [0.25, 0.3) is 0 Å². The molecule has 1 saturated carbocycles. The standard InChI is InChI=1S/C13H21N3O3S.ClH/c1-19-12-4-2-3-10(9-12)13(16-20(15,17)18)7-5-11(14)6-8-13;/h2-4,9,11,16H,5-8,14H2,1H3,(H2,15,17,18);1H/t11-,13+;. The third-order valence-electron chi connectivity index (χ3n) is 3.84. The number of methoxy groups -OCH3 is 1. The number of nitrogens with one attached hydrogen (secondary N) is 1. The van der Waals surface area contributed by atoms with E-state index in [9.17, 15) is 8.42 Å². The highest BCUT2D eigenvalue weighted by Crippen LogP contribution is 2.38. The average molecular weight is 336 g/mol. The van der Waals surface area contributed by atoms with Crippen LogP contribution in [-0.4, -0.2) is 21.6 Å². The molecule has 1 aromatic rings. The topological polar surface area (TPSA) is 107 Å². The molecule has 21 heavy (non-hydrogen) atoms. The predicted octanol–water partition coefficient (Wildman–Crippen LogP) is 1.01. The number of nitrogens with two attached hydrogens (primary N) is 2. The van der Waals surface area contributed by atoms with Crippen molar-refractivity contribution in [2.75, 3.05) is 7.11 Å². The van der Waals surface area contributed by atoms with Crippen molar-refractivity contribution in [1.29, 1.82) is 0 Å². The first-order chi connectivity index (χ1) is 9.35. The fraction of sp³-hybridized carbons (Fsp3) is 0.538. The monoisotopic (exact) mass is 335 g/mol. The number of hydrogen-bond donors (Lipinski definition) is 3. The van der Waals surface area contributed by atoms with Gasteiger partial charge in [0.05, 0.1) is 12.6 Å². The van der Waals surface area contributed by atoms with Gasteiger partial charge in [-0.2, -0.15) is 13.1 Å². The van der Waals surface area contributed by atoms with Crippen LogP contribution in [-0.2, 0) is 15.7 Å². The van der Waals surface area contributed by atoms with Crippen LogP contribution in [0.4, 0.5) is 0 Å². The van der Waals surface area contributed by atoms with Crippen LogP contribution in [0.1, 0.15) is 31.2 Å². The lowest BCUT2D eigenvalue weighted by atomic mass is 9.76. The van der Waals surface area contributed by atoms with Gasteiger partial charge in [-0.15, -0.1) is 12.4 Å². The number of halogens is 1. The average Bonchev–Trinajstić information content (AvgIpc) is 2.40. The van der Waals surface area contributed by atoms with Gasteiger partial charge < -0.3 is 10.5 Å². The van der Waals surface area contributed by atoms with Crippen LogP contribution >= 0.6 is 12.4 Å². The van der Waals surface area contributed by atoms with Crippen molar-refractivity contribution in [2.24, 2.45) is 10.9 Å². The van der Waals surface area contributed by atoms with E-state index >= 15 is 0 Å². The molecule has 0 radical (unpaired) electrons. The highest BCUT2D eigenvalue weighted by atomic mass is 35.5. The molecule has 5 N–H and O–H groups in total. The molecule has 0 saturated heterocycles. The van der Waals surface area contributed by atoms with Crippen LogP contribution in [0.15, 0.2) is 24.3 Å². The van der Waals surface area contributed by atoms with Gasteiger partial charge in [-0.05, 0) is 43.4 Å². The van der Waals surface area contributed by atoms with E-state index in [-0.39, 0.29) is 18.4 Å². The van der Waals surface area contributed by atoms with Gasteiger partial charge in [0, 0.05) is 6.04 Å². The van der Waals surface area contributed by atoms with Crippen molar-refractivity contribution < 1.29 is 13.2 Å². The number of rotatable bonds is 4. The summed E-state index contributed by atoms with van der Waals surface area (Å²) < 4.78 is 30.8. The van der Waals surface area contributed by atoms with E-state index in [2.05, 4.69) is 4.72 Å². The minimum absolute atomic E-state index is 0. The Morgan fingerprint density at radius 3 is 2.48 bits per heavy atom. The fourth-order valence-electron chi connectivity index (χ4n) is 2.78. The summed E-state index contributed by atoms with van der Waals surface area (Å²) in [5, 5.41) is 5.19. The number of ether oxygens (including phenoxy) is 1. The molecule has 0 bridgehead atoms. The van der Waals surface area contributed by atoms with Crippen molar-refractivity contribution in [2.45, 2.75) is 37.3 Å². The minimum Gasteiger partial charge on any atom is -0.497 e. The number of benzene rings is 1. The van der Waals surface area contributed by atoms with E-state index in [0.29, 0.717) is 18.6 Å². The van der Waals surface area contributed by atoms with Gasteiger partial charge >= 0.3 is 0 Å². The Kier molecular flexibility index (Phi) is 6.01. The summed E-state index contributed by atoms with van der Waals surface area (Å²) in [5.41, 5.74) is 6.08. The zero-order valence-electron chi connectivity index (χ0n) is 11.9. The van der Waals surface area contributed by atoms with Gasteiger partial charge in [0.25, 0.3) is 10.2 Å². The third-order valence-corrected chi connectivity index (χ3v) is 4.52. The molecule has 0 unspecified atom stereocenters. The van der Waals surface area contributed by atoms with E-state index in [4.69, 9.17) is 15.6 Å². The molecule has 0 spiro atoms. The van der Waals surface area contributed by atoms with Gasteiger partial charge in [-0.1, -0.05) is 12.1 Å². The second-order valence-electron chi connectivity index (χ2n) is 5.30. The molecule has 2 rings (SSSR count). The SMILES string of the molecule is COc1cccc([C@]2(NS(N)(=O)=O)CC[C@@H](N)CC2)c1.Cl. The van der Waals surface area contributed by atoms with Gasteiger partial charge in [-0.3, -0.25) is 0 Å². The second kappa shape index (κ2) is 6.93. The molecule has 0 aliphatic heterocycles. The van der Waals surface area contributed by atoms with Crippen molar-refractivity contribution in [1.82, 2.24) is 4.72 Å². The van der Waals surface area contributed by atoms with E-state index in [1.807, 2.05) is 24.3 Å². The summed E-state index contributed by atoms with van der Waals surface area (Å²) in [5.74, 6) is 0.688. The molecule has 0 heterocycles. The fourth-order valence-corrected chi connectivity index (χ4v) is 3.64. The largest absolute Gasteiger partial charge is 0.497 e. The zero-order valence-corrected chi connectivity index (χ0v) is 13.5.